The molecule has 0 bridgehead atoms. The zero-order valence-electron chi connectivity index (χ0n) is 16.5. The van der Waals surface area contributed by atoms with Gasteiger partial charge in [0.15, 0.2) is 5.96 Å². The summed E-state index contributed by atoms with van der Waals surface area (Å²) >= 11 is 0. The predicted octanol–water partition coefficient (Wildman–Crippen LogP) is 4.26. The Labute approximate surface area is 181 Å². The van der Waals surface area contributed by atoms with Crippen molar-refractivity contribution in [1.82, 2.24) is 10.2 Å². The second kappa shape index (κ2) is 12.4. The topological polar surface area (TPSA) is 36.9 Å². The van der Waals surface area contributed by atoms with Gasteiger partial charge in [-0.1, -0.05) is 42.0 Å². The molecule has 0 radical (unpaired) electrons. The lowest BCUT2D eigenvalue weighted by molar-refractivity contribution is 0.153. The molecule has 0 aliphatic carbocycles. The van der Waals surface area contributed by atoms with Gasteiger partial charge in [0.1, 0.15) is 0 Å². The molecule has 0 atom stereocenters. The van der Waals surface area contributed by atoms with Crippen molar-refractivity contribution in [3.05, 3.63) is 47.5 Å². The standard InChI is InChI=1S/C22H33N3O.HI/c1-2-23-22(24-13-8-19-11-16-26-17-12-19)25-14-9-21(10-15-25)18-20-6-4-3-5-7-20;/h3-7,11,21H,2,8-10,12-18H2,1H3,(H,23,24);1H. The Morgan fingerprint density at radius 1 is 1.22 bits per heavy atom. The molecule has 1 aromatic rings. The molecular formula is C22H34IN3O. The highest BCUT2D eigenvalue weighted by atomic mass is 127. The predicted molar refractivity (Wildman–Crippen MR) is 124 cm³/mol. The van der Waals surface area contributed by atoms with E-state index < -0.39 is 0 Å². The van der Waals surface area contributed by atoms with Crippen LogP contribution in [0, 0.1) is 5.92 Å². The first-order valence-corrected chi connectivity index (χ1v) is 10.2. The van der Waals surface area contributed by atoms with Crippen LogP contribution in [0.25, 0.3) is 0 Å². The van der Waals surface area contributed by atoms with Crippen LogP contribution in [0.4, 0.5) is 0 Å². The van der Waals surface area contributed by atoms with Gasteiger partial charge in [0.2, 0.25) is 0 Å². The van der Waals surface area contributed by atoms with Crippen molar-refractivity contribution in [2.24, 2.45) is 10.9 Å². The fourth-order valence-corrected chi connectivity index (χ4v) is 3.82. The number of halogens is 1. The summed E-state index contributed by atoms with van der Waals surface area (Å²) < 4.78 is 5.38. The summed E-state index contributed by atoms with van der Waals surface area (Å²) in [6, 6.07) is 10.9. The molecule has 1 aromatic carbocycles. The van der Waals surface area contributed by atoms with Gasteiger partial charge in [0, 0.05) is 26.2 Å². The van der Waals surface area contributed by atoms with Gasteiger partial charge in [-0.3, -0.25) is 4.99 Å². The molecule has 0 spiro atoms. The summed E-state index contributed by atoms with van der Waals surface area (Å²) in [5.41, 5.74) is 2.97. The Bertz CT molecular complexity index is 595. The van der Waals surface area contributed by atoms with Crippen LogP contribution in [0.2, 0.25) is 0 Å². The van der Waals surface area contributed by atoms with Crippen LogP contribution in [-0.2, 0) is 11.2 Å². The normalized spacial score (nSPS) is 18.6. The van der Waals surface area contributed by atoms with E-state index >= 15 is 0 Å². The third-order valence-electron chi connectivity index (χ3n) is 5.37. The van der Waals surface area contributed by atoms with Gasteiger partial charge in [0.25, 0.3) is 0 Å². The van der Waals surface area contributed by atoms with Gasteiger partial charge in [-0.25, -0.2) is 0 Å². The highest BCUT2D eigenvalue weighted by molar-refractivity contribution is 14.0. The third kappa shape index (κ3) is 7.45. The molecule has 150 valence electrons. The van der Waals surface area contributed by atoms with Crippen molar-refractivity contribution < 1.29 is 4.74 Å². The summed E-state index contributed by atoms with van der Waals surface area (Å²) in [4.78, 5) is 7.34. The molecule has 1 saturated heterocycles. The second-order valence-electron chi connectivity index (χ2n) is 7.29. The quantitative estimate of drug-likeness (QED) is 0.284. The van der Waals surface area contributed by atoms with Gasteiger partial charge in [-0.05, 0) is 50.5 Å². The van der Waals surface area contributed by atoms with E-state index in [9.17, 15) is 0 Å². The molecule has 0 unspecified atom stereocenters. The Morgan fingerprint density at radius 3 is 2.67 bits per heavy atom. The number of hydrogen-bond acceptors (Lipinski definition) is 2. The minimum absolute atomic E-state index is 0. The summed E-state index contributed by atoms with van der Waals surface area (Å²) in [6.07, 6.45) is 8.06. The largest absolute Gasteiger partial charge is 0.377 e. The second-order valence-corrected chi connectivity index (χ2v) is 7.29. The molecule has 0 aromatic heterocycles. The molecule has 4 nitrogen and oxygen atoms in total. The van der Waals surface area contributed by atoms with Crippen molar-refractivity contribution in [2.45, 2.75) is 39.0 Å². The molecule has 2 heterocycles. The maximum absolute atomic E-state index is 5.38. The fourth-order valence-electron chi connectivity index (χ4n) is 3.82. The first kappa shape index (κ1) is 22.2. The van der Waals surface area contributed by atoms with Crippen LogP contribution in [0.15, 0.2) is 47.0 Å². The summed E-state index contributed by atoms with van der Waals surface area (Å²) in [5.74, 6) is 1.89. The molecule has 3 rings (SSSR count). The van der Waals surface area contributed by atoms with E-state index in [1.165, 1.54) is 30.4 Å². The number of rotatable bonds is 6. The average molecular weight is 483 g/mol. The molecule has 1 N–H and O–H groups in total. The van der Waals surface area contributed by atoms with E-state index in [1.807, 2.05) is 0 Å². The zero-order valence-corrected chi connectivity index (χ0v) is 18.9. The van der Waals surface area contributed by atoms with E-state index in [1.54, 1.807) is 0 Å². The zero-order chi connectivity index (χ0) is 18.0. The van der Waals surface area contributed by atoms with E-state index in [2.05, 4.69) is 53.5 Å². The van der Waals surface area contributed by atoms with E-state index in [0.29, 0.717) is 0 Å². The van der Waals surface area contributed by atoms with Gasteiger partial charge in [-0.2, -0.15) is 0 Å². The molecule has 5 heteroatoms. The van der Waals surface area contributed by atoms with Crippen LogP contribution >= 0.6 is 24.0 Å². The SMILES string of the molecule is CCNC(=NCCC1=CCOCC1)N1CCC(Cc2ccccc2)CC1.I. The van der Waals surface area contributed by atoms with Gasteiger partial charge < -0.3 is 15.0 Å². The van der Waals surface area contributed by atoms with Crippen molar-refractivity contribution in [1.29, 1.82) is 0 Å². The van der Waals surface area contributed by atoms with E-state index in [-0.39, 0.29) is 24.0 Å². The van der Waals surface area contributed by atoms with Crippen molar-refractivity contribution in [3.63, 3.8) is 0 Å². The van der Waals surface area contributed by atoms with Gasteiger partial charge >= 0.3 is 0 Å². The minimum atomic E-state index is 0. The average Bonchev–Trinajstić information content (AvgIpc) is 2.70. The molecule has 2 aliphatic rings. The van der Waals surface area contributed by atoms with Crippen LogP contribution < -0.4 is 5.32 Å². The van der Waals surface area contributed by atoms with Gasteiger partial charge in [-0.15, -0.1) is 24.0 Å². The van der Waals surface area contributed by atoms with Crippen LogP contribution in [0.3, 0.4) is 0 Å². The smallest absolute Gasteiger partial charge is 0.193 e. The van der Waals surface area contributed by atoms with Gasteiger partial charge in [0.05, 0.1) is 13.2 Å². The van der Waals surface area contributed by atoms with E-state index in [0.717, 1.165) is 64.1 Å². The number of piperidine rings is 1. The number of ether oxygens (including phenoxy) is 1. The van der Waals surface area contributed by atoms with E-state index in [4.69, 9.17) is 9.73 Å². The molecule has 27 heavy (non-hydrogen) atoms. The Kier molecular flexibility index (Phi) is 10.2. The van der Waals surface area contributed by atoms with Crippen LogP contribution in [0.1, 0.15) is 38.2 Å². The number of guanidine groups is 1. The molecule has 1 fully saturated rings. The fraction of sp³-hybridized carbons (Fsp3) is 0.591. The Balaban J connectivity index is 0.00000261. The number of benzene rings is 1. The maximum Gasteiger partial charge on any atom is 0.193 e. The van der Waals surface area contributed by atoms with Crippen LogP contribution in [0.5, 0.6) is 0 Å². The summed E-state index contributed by atoms with van der Waals surface area (Å²) in [7, 11) is 0. The number of aliphatic imine (C=N–C) groups is 1. The monoisotopic (exact) mass is 483 g/mol. The van der Waals surface area contributed by atoms with Crippen molar-refractivity contribution in [2.75, 3.05) is 39.4 Å². The Hall–Kier alpha value is -1.08. The van der Waals surface area contributed by atoms with Crippen molar-refractivity contribution >= 4 is 29.9 Å². The summed E-state index contributed by atoms with van der Waals surface area (Å²) in [6.45, 7) is 7.81. The van der Waals surface area contributed by atoms with Crippen LogP contribution in [-0.4, -0.2) is 50.3 Å². The van der Waals surface area contributed by atoms with Crippen molar-refractivity contribution in [3.8, 4) is 0 Å². The number of nitrogens with one attached hydrogen (secondary N) is 1. The number of likely N-dealkylation sites (tertiary alicyclic amines) is 1. The highest BCUT2D eigenvalue weighted by Crippen LogP contribution is 2.22. The molecule has 2 aliphatic heterocycles. The highest BCUT2D eigenvalue weighted by Gasteiger charge is 2.21. The summed E-state index contributed by atoms with van der Waals surface area (Å²) in [5, 5.41) is 3.49. The number of hydrogen-bond donors (Lipinski definition) is 1. The first-order valence-electron chi connectivity index (χ1n) is 10.2. The molecule has 0 saturated carbocycles. The first-order chi connectivity index (χ1) is 12.8. The molecular weight excluding hydrogens is 449 g/mol. The number of nitrogens with zero attached hydrogens (tertiary/aromatic N) is 2. The third-order valence-corrected chi connectivity index (χ3v) is 5.37. The lowest BCUT2D eigenvalue weighted by Gasteiger charge is -2.34. The minimum Gasteiger partial charge on any atom is -0.377 e. The lowest BCUT2D eigenvalue weighted by Crippen LogP contribution is -2.46. The molecule has 0 amide bonds. The maximum atomic E-state index is 5.38. The Morgan fingerprint density at radius 2 is 2.00 bits per heavy atom. The lowest BCUT2D eigenvalue weighted by atomic mass is 9.90.